The fourth-order valence-corrected chi connectivity index (χ4v) is 2.12. The minimum absolute atomic E-state index is 0.246. The first-order valence-corrected chi connectivity index (χ1v) is 5.91. The van der Waals surface area contributed by atoms with Gasteiger partial charge in [0, 0.05) is 25.3 Å². The molecule has 3 N–H and O–H groups in total. The number of benzene rings is 1. The molecule has 0 saturated carbocycles. The predicted molar refractivity (Wildman–Crippen MR) is 66.5 cm³/mol. The van der Waals surface area contributed by atoms with Gasteiger partial charge in [0.2, 0.25) is 0 Å². The maximum Gasteiger partial charge on any atom is 0.0990 e. The predicted octanol–water partition coefficient (Wildman–Crippen LogP) is 1.45. The summed E-state index contributed by atoms with van der Waals surface area (Å²) in [5, 5.41) is 10.0. The third kappa shape index (κ3) is 2.20. The van der Waals surface area contributed by atoms with E-state index in [1.165, 1.54) is 18.5 Å². The van der Waals surface area contributed by atoms with Crippen molar-refractivity contribution in [1.29, 1.82) is 0 Å². The summed E-state index contributed by atoms with van der Waals surface area (Å²) in [6.45, 7) is 4.28. The summed E-state index contributed by atoms with van der Waals surface area (Å²) in [6.07, 6.45) is 2.56. The maximum absolute atomic E-state index is 10.0. The second-order valence-electron chi connectivity index (χ2n) is 4.72. The van der Waals surface area contributed by atoms with Crippen molar-refractivity contribution >= 4 is 5.69 Å². The lowest BCUT2D eigenvalue weighted by Crippen LogP contribution is -2.31. The highest BCUT2D eigenvalue weighted by Gasteiger charge is 2.21. The fraction of sp³-hybridized carbons (Fsp3) is 0.538. The van der Waals surface area contributed by atoms with Gasteiger partial charge in [0.15, 0.2) is 0 Å². The number of hydrogen-bond donors (Lipinski definition) is 2. The molecule has 1 aromatic carbocycles. The first-order valence-electron chi connectivity index (χ1n) is 5.91. The smallest absolute Gasteiger partial charge is 0.0990 e. The van der Waals surface area contributed by atoms with Crippen LogP contribution in [-0.4, -0.2) is 24.7 Å². The van der Waals surface area contributed by atoms with Crippen molar-refractivity contribution in [3.05, 3.63) is 29.8 Å². The molecular formula is C13H20N2O. The highest BCUT2D eigenvalue weighted by Crippen LogP contribution is 2.24. The van der Waals surface area contributed by atoms with Crippen molar-refractivity contribution in [2.75, 3.05) is 24.5 Å². The van der Waals surface area contributed by atoms with Gasteiger partial charge >= 0.3 is 0 Å². The van der Waals surface area contributed by atoms with Gasteiger partial charge in [-0.15, -0.1) is 0 Å². The van der Waals surface area contributed by atoms with Crippen molar-refractivity contribution in [3.63, 3.8) is 0 Å². The van der Waals surface area contributed by atoms with Crippen LogP contribution in [0.3, 0.4) is 0 Å². The van der Waals surface area contributed by atoms with Crippen LogP contribution in [0.4, 0.5) is 5.69 Å². The Morgan fingerprint density at radius 2 is 1.81 bits per heavy atom. The van der Waals surface area contributed by atoms with E-state index < -0.39 is 5.60 Å². The summed E-state index contributed by atoms with van der Waals surface area (Å²) < 4.78 is 0. The third-order valence-corrected chi connectivity index (χ3v) is 3.36. The fourth-order valence-electron chi connectivity index (χ4n) is 2.12. The summed E-state index contributed by atoms with van der Waals surface area (Å²) in [5.41, 5.74) is 6.76. The van der Waals surface area contributed by atoms with E-state index in [1.807, 2.05) is 12.1 Å². The van der Waals surface area contributed by atoms with Crippen molar-refractivity contribution in [2.24, 2.45) is 5.73 Å². The topological polar surface area (TPSA) is 49.5 Å². The molecule has 1 aliphatic heterocycles. The second kappa shape index (κ2) is 4.44. The number of rotatable bonds is 3. The lowest BCUT2D eigenvalue weighted by Gasteiger charge is -2.23. The summed E-state index contributed by atoms with van der Waals surface area (Å²) in [5.74, 6) is 0. The molecule has 0 spiro atoms. The third-order valence-electron chi connectivity index (χ3n) is 3.36. The van der Waals surface area contributed by atoms with Crippen LogP contribution in [0.15, 0.2) is 24.3 Å². The summed E-state index contributed by atoms with van der Waals surface area (Å²) >= 11 is 0. The van der Waals surface area contributed by atoms with Crippen molar-refractivity contribution < 1.29 is 5.11 Å². The molecule has 1 heterocycles. The highest BCUT2D eigenvalue weighted by atomic mass is 16.3. The van der Waals surface area contributed by atoms with Crippen molar-refractivity contribution in [3.8, 4) is 0 Å². The Balaban J connectivity index is 2.15. The first-order chi connectivity index (χ1) is 7.63. The van der Waals surface area contributed by atoms with Crippen molar-refractivity contribution in [1.82, 2.24) is 0 Å². The quantitative estimate of drug-likeness (QED) is 0.810. The van der Waals surface area contributed by atoms with Gasteiger partial charge in [-0.25, -0.2) is 0 Å². The molecule has 16 heavy (non-hydrogen) atoms. The second-order valence-corrected chi connectivity index (χ2v) is 4.72. The Bertz CT molecular complexity index is 339. The normalized spacial score (nSPS) is 19.8. The van der Waals surface area contributed by atoms with Crippen molar-refractivity contribution in [2.45, 2.75) is 25.4 Å². The molecule has 1 aliphatic rings. The Hall–Kier alpha value is -1.06. The Morgan fingerprint density at radius 3 is 2.31 bits per heavy atom. The average molecular weight is 220 g/mol. The van der Waals surface area contributed by atoms with E-state index in [0.29, 0.717) is 0 Å². The molecule has 1 saturated heterocycles. The van der Waals surface area contributed by atoms with E-state index in [4.69, 9.17) is 5.73 Å². The lowest BCUT2D eigenvalue weighted by molar-refractivity contribution is 0.0668. The molecule has 88 valence electrons. The summed E-state index contributed by atoms with van der Waals surface area (Å²) in [7, 11) is 0. The highest BCUT2D eigenvalue weighted by molar-refractivity contribution is 5.49. The number of nitrogens with zero attached hydrogens (tertiary/aromatic N) is 1. The van der Waals surface area contributed by atoms with Gasteiger partial charge in [-0.05, 0) is 37.5 Å². The van der Waals surface area contributed by atoms with E-state index in [-0.39, 0.29) is 6.54 Å². The van der Waals surface area contributed by atoms with Gasteiger partial charge in [0.25, 0.3) is 0 Å². The molecule has 0 radical (unpaired) electrons. The Kier molecular flexibility index (Phi) is 3.17. The molecule has 1 fully saturated rings. The van der Waals surface area contributed by atoms with E-state index in [1.54, 1.807) is 6.92 Å². The van der Waals surface area contributed by atoms with Gasteiger partial charge in [0.05, 0.1) is 5.60 Å². The van der Waals surface area contributed by atoms with Gasteiger partial charge in [-0.3, -0.25) is 0 Å². The molecular weight excluding hydrogens is 200 g/mol. The number of aliphatic hydroxyl groups is 1. The first kappa shape index (κ1) is 11.4. The number of hydrogen-bond acceptors (Lipinski definition) is 3. The minimum atomic E-state index is -0.913. The van der Waals surface area contributed by atoms with Gasteiger partial charge in [-0.1, -0.05) is 12.1 Å². The SMILES string of the molecule is CC(O)(CN)c1ccc(N2CCCC2)cc1. The molecule has 1 aromatic rings. The molecule has 0 amide bonds. The Labute approximate surface area is 96.9 Å². The molecule has 2 rings (SSSR count). The molecule has 1 atom stereocenters. The Morgan fingerprint density at radius 1 is 1.25 bits per heavy atom. The summed E-state index contributed by atoms with van der Waals surface area (Å²) in [6, 6.07) is 8.09. The molecule has 1 unspecified atom stereocenters. The zero-order valence-corrected chi connectivity index (χ0v) is 9.82. The van der Waals surface area contributed by atoms with Crippen LogP contribution in [0.25, 0.3) is 0 Å². The van der Waals surface area contributed by atoms with Crippen LogP contribution < -0.4 is 10.6 Å². The van der Waals surface area contributed by atoms with Crippen LogP contribution in [0, 0.1) is 0 Å². The van der Waals surface area contributed by atoms with E-state index >= 15 is 0 Å². The molecule has 3 nitrogen and oxygen atoms in total. The molecule has 0 bridgehead atoms. The van der Waals surface area contributed by atoms with Gasteiger partial charge < -0.3 is 15.7 Å². The number of anilines is 1. The zero-order valence-electron chi connectivity index (χ0n) is 9.82. The van der Waals surface area contributed by atoms with Crippen LogP contribution >= 0.6 is 0 Å². The van der Waals surface area contributed by atoms with Gasteiger partial charge in [0.1, 0.15) is 0 Å². The molecule has 0 aliphatic carbocycles. The van der Waals surface area contributed by atoms with Crippen LogP contribution in [0.2, 0.25) is 0 Å². The summed E-state index contributed by atoms with van der Waals surface area (Å²) in [4.78, 5) is 2.38. The van der Waals surface area contributed by atoms with Crippen LogP contribution in [0.5, 0.6) is 0 Å². The largest absolute Gasteiger partial charge is 0.384 e. The van der Waals surface area contributed by atoms with E-state index in [0.717, 1.165) is 18.7 Å². The van der Waals surface area contributed by atoms with Gasteiger partial charge in [-0.2, -0.15) is 0 Å². The van der Waals surface area contributed by atoms with Crippen LogP contribution in [-0.2, 0) is 5.60 Å². The van der Waals surface area contributed by atoms with Crippen LogP contribution in [0.1, 0.15) is 25.3 Å². The zero-order chi connectivity index (χ0) is 11.6. The standard InChI is InChI=1S/C13H20N2O/c1-13(16,10-14)11-4-6-12(7-5-11)15-8-2-3-9-15/h4-7,16H,2-3,8-10,14H2,1H3. The molecule has 0 aromatic heterocycles. The monoisotopic (exact) mass is 220 g/mol. The average Bonchev–Trinajstić information content (AvgIpc) is 2.83. The minimum Gasteiger partial charge on any atom is -0.384 e. The van der Waals surface area contributed by atoms with E-state index in [2.05, 4.69) is 17.0 Å². The number of nitrogens with two attached hydrogens (primary N) is 1. The molecule has 3 heteroatoms. The maximum atomic E-state index is 10.0. The lowest BCUT2D eigenvalue weighted by atomic mass is 9.96. The van der Waals surface area contributed by atoms with E-state index in [9.17, 15) is 5.11 Å².